The van der Waals surface area contributed by atoms with Crippen LogP contribution in [0.5, 0.6) is 0 Å². The molecule has 3 amide bonds. The molecule has 2 aromatic rings. The number of nitrogens with zero attached hydrogens (tertiary/aromatic N) is 1. The van der Waals surface area contributed by atoms with Crippen LogP contribution in [0.3, 0.4) is 0 Å². The summed E-state index contributed by atoms with van der Waals surface area (Å²) in [5.74, 6) is -0.403. The molecule has 5 atom stereocenters. The normalized spacial score (nSPS) is 25.4. The predicted octanol–water partition coefficient (Wildman–Crippen LogP) is 3.06. The third-order valence-electron chi connectivity index (χ3n) is 7.94. The second-order valence-corrected chi connectivity index (χ2v) is 10.2. The Bertz CT molecular complexity index is 1170. The summed E-state index contributed by atoms with van der Waals surface area (Å²) < 4.78 is 6.16. The standard InChI is InChI=1S/C29H36N4O4/c1-18(30-2)27(35)32-24-16-17-37-29-22-12-6-5-11-21(22)25(33(29)28(24)36)14-15-26(34)31-23-13-7-9-19-8-3-4-10-20(19)23/h3-6,8,10-12,18,23-25,29-30H,7,9,13-17H2,1-2H3,(H,31,34)(H,32,35)/t18-,23+,24-,25?,29-/m0/s1. The van der Waals surface area contributed by atoms with Crippen molar-refractivity contribution in [2.24, 2.45) is 0 Å². The highest BCUT2D eigenvalue weighted by Crippen LogP contribution is 2.46. The van der Waals surface area contributed by atoms with Crippen molar-refractivity contribution in [3.63, 3.8) is 0 Å². The van der Waals surface area contributed by atoms with E-state index in [4.69, 9.17) is 4.74 Å². The highest BCUT2D eigenvalue weighted by molar-refractivity contribution is 5.90. The van der Waals surface area contributed by atoms with Gasteiger partial charge in [-0.1, -0.05) is 48.5 Å². The van der Waals surface area contributed by atoms with Crippen molar-refractivity contribution in [1.82, 2.24) is 20.9 Å². The lowest BCUT2D eigenvalue weighted by atomic mass is 9.87. The largest absolute Gasteiger partial charge is 0.354 e. The highest BCUT2D eigenvalue weighted by atomic mass is 16.5. The predicted molar refractivity (Wildman–Crippen MR) is 139 cm³/mol. The topological polar surface area (TPSA) is 99.8 Å². The van der Waals surface area contributed by atoms with Gasteiger partial charge in [0.05, 0.1) is 24.7 Å². The lowest BCUT2D eigenvalue weighted by Crippen LogP contribution is -2.51. The van der Waals surface area contributed by atoms with Crippen LogP contribution in [0.2, 0.25) is 0 Å². The molecule has 0 radical (unpaired) electrons. The van der Waals surface area contributed by atoms with Gasteiger partial charge in [-0.2, -0.15) is 0 Å². The van der Waals surface area contributed by atoms with Gasteiger partial charge in [-0.25, -0.2) is 0 Å². The van der Waals surface area contributed by atoms with E-state index in [1.807, 2.05) is 36.4 Å². The zero-order chi connectivity index (χ0) is 25.9. The van der Waals surface area contributed by atoms with Crippen molar-refractivity contribution in [3.05, 3.63) is 70.8 Å². The summed E-state index contributed by atoms with van der Waals surface area (Å²) in [6.45, 7) is 2.11. The van der Waals surface area contributed by atoms with Crippen LogP contribution in [0.1, 0.15) is 79.6 Å². The SMILES string of the molecule is CN[C@@H](C)C(=O)N[C@H]1CCO[C@H]2c3ccccc3C(CCC(=O)N[C@@H]3CCCc4ccccc43)N2C1=O. The Kier molecular flexibility index (Phi) is 7.58. The molecule has 2 heterocycles. The molecule has 1 aliphatic carbocycles. The smallest absolute Gasteiger partial charge is 0.248 e. The fraction of sp³-hybridized carbons (Fsp3) is 0.483. The van der Waals surface area contributed by atoms with E-state index >= 15 is 0 Å². The Balaban J connectivity index is 1.31. The van der Waals surface area contributed by atoms with Gasteiger partial charge in [0.2, 0.25) is 17.7 Å². The van der Waals surface area contributed by atoms with Crippen LogP contribution in [-0.4, -0.2) is 48.4 Å². The van der Waals surface area contributed by atoms with E-state index in [9.17, 15) is 14.4 Å². The first-order valence-electron chi connectivity index (χ1n) is 13.4. The van der Waals surface area contributed by atoms with Gasteiger partial charge in [0, 0.05) is 18.4 Å². The highest BCUT2D eigenvalue weighted by Gasteiger charge is 2.46. The Morgan fingerprint density at radius 3 is 2.51 bits per heavy atom. The number of aryl methyl sites for hydroxylation is 1. The quantitative estimate of drug-likeness (QED) is 0.538. The molecule has 1 fully saturated rings. The summed E-state index contributed by atoms with van der Waals surface area (Å²) in [5.41, 5.74) is 4.48. The minimum absolute atomic E-state index is 0.0153. The lowest BCUT2D eigenvalue weighted by Gasteiger charge is -2.31. The van der Waals surface area contributed by atoms with E-state index in [1.165, 1.54) is 11.1 Å². The monoisotopic (exact) mass is 504 g/mol. The zero-order valence-corrected chi connectivity index (χ0v) is 21.5. The van der Waals surface area contributed by atoms with Gasteiger partial charge in [0.15, 0.2) is 6.23 Å². The third kappa shape index (κ3) is 5.13. The van der Waals surface area contributed by atoms with Crippen LogP contribution < -0.4 is 16.0 Å². The summed E-state index contributed by atoms with van der Waals surface area (Å²) in [6.07, 6.45) is 3.71. The van der Waals surface area contributed by atoms with Gasteiger partial charge >= 0.3 is 0 Å². The van der Waals surface area contributed by atoms with E-state index in [2.05, 4.69) is 28.1 Å². The molecule has 0 bridgehead atoms. The molecule has 2 aromatic carbocycles. The molecule has 1 saturated heterocycles. The molecule has 3 aliphatic rings. The second kappa shape index (κ2) is 11.0. The summed E-state index contributed by atoms with van der Waals surface area (Å²) in [6, 6.07) is 14.9. The van der Waals surface area contributed by atoms with Crippen LogP contribution in [0.25, 0.3) is 0 Å². The van der Waals surface area contributed by atoms with E-state index in [0.717, 1.165) is 30.4 Å². The number of hydrogen-bond donors (Lipinski definition) is 3. The Labute approximate surface area is 218 Å². The first-order chi connectivity index (χ1) is 18.0. The van der Waals surface area contributed by atoms with Crippen LogP contribution in [0.15, 0.2) is 48.5 Å². The number of carbonyl (C=O) groups is 3. The Morgan fingerprint density at radius 1 is 1.00 bits per heavy atom. The molecule has 8 heteroatoms. The molecule has 2 aliphatic heterocycles. The summed E-state index contributed by atoms with van der Waals surface area (Å²) >= 11 is 0. The summed E-state index contributed by atoms with van der Waals surface area (Å²) in [7, 11) is 1.71. The maximum Gasteiger partial charge on any atom is 0.248 e. The fourth-order valence-corrected chi connectivity index (χ4v) is 5.84. The number of hydrogen-bond acceptors (Lipinski definition) is 5. The minimum Gasteiger partial charge on any atom is -0.354 e. The summed E-state index contributed by atoms with van der Waals surface area (Å²) in [4.78, 5) is 41.2. The molecular weight excluding hydrogens is 468 g/mol. The third-order valence-corrected chi connectivity index (χ3v) is 7.94. The number of ether oxygens (including phenoxy) is 1. The minimum atomic E-state index is -0.669. The molecule has 37 heavy (non-hydrogen) atoms. The fourth-order valence-electron chi connectivity index (χ4n) is 5.84. The number of likely N-dealkylation sites (N-methyl/N-ethyl adjacent to an activating group) is 1. The van der Waals surface area contributed by atoms with E-state index in [0.29, 0.717) is 25.9 Å². The van der Waals surface area contributed by atoms with Gasteiger partial charge in [-0.15, -0.1) is 0 Å². The van der Waals surface area contributed by atoms with Gasteiger partial charge in [0.25, 0.3) is 0 Å². The molecule has 5 rings (SSSR count). The number of fused-ring (bicyclic) bond motifs is 4. The van der Waals surface area contributed by atoms with Crippen molar-refractivity contribution >= 4 is 17.7 Å². The molecular formula is C29H36N4O4. The van der Waals surface area contributed by atoms with Crippen molar-refractivity contribution in [2.45, 2.75) is 75.8 Å². The average molecular weight is 505 g/mol. The van der Waals surface area contributed by atoms with Crippen molar-refractivity contribution in [2.75, 3.05) is 13.7 Å². The van der Waals surface area contributed by atoms with Crippen molar-refractivity contribution in [1.29, 1.82) is 0 Å². The first-order valence-corrected chi connectivity index (χ1v) is 13.4. The van der Waals surface area contributed by atoms with E-state index in [1.54, 1.807) is 18.9 Å². The number of amides is 3. The number of rotatable bonds is 7. The van der Waals surface area contributed by atoms with Crippen LogP contribution >= 0.6 is 0 Å². The molecule has 0 saturated carbocycles. The molecule has 1 unspecified atom stereocenters. The Hall–Kier alpha value is -3.23. The van der Waals surface area contributed by atoms with Crippen molar-refractivity contribution < 1.29 is 19.1 Å². The number of nitrogens with one attached hydrogen (secondary N) is 3. The number of benzene rings is 2. The molecule has 8 nitrogen and oxygen atoms in total. The average Bonchev–Trinajstić information content (AvgIpc) is 3.14. The van der Waals surface area contributed by atoms with E-state index in [-0.39, 0.29) is 29.8 Å². The van der Waals surface area contributed by atoms with Crippen LogP contribution in [0, 0.1) is 0 Å². The molecule has 3 N–H and O–H groups in total. The van der Waals surface area contributed by atoms with Crippen LogP contribution in [-0.2, 0) is 25.5 Å². The molecule has 0 aromatic heterocycles. The number of carbonyl (C=O) groups excluding carboxylic acids is 3. The molecule has 196 valence electrons. The maximum absolute atomic E-state index is 13.8. The van der Waals surface area contributed by atoms with Gasteiger partial charge in [-0.3, -0.25) is 14.4 Å². The van der Waals surface area contributed by atoms with Crippen LogP contribution in [0.4, 0.5) is 0 Å². The second-order valence-electron chi connectivity index (χ2n) is 10.2. The van der Waals surface area contributed by atoms with Gasteiger partial charge in [-0.05, 0) is 56.3 Å². The lowest BCUT2D eigenvalue weighted by molar-refractivity contribution is -0.148. The first kappa shape index (κ1) is 25.4. The zero-order valence-electron chi connectivity index (χ0n) is 21.5. The summed E-state index contributed by atoms with van der Waals surface area (Å²) in [5, 5.41) is 9.04. The van der Waals surface area contributed by atoms with Crippen molar-refractivity contribution in [3.8, 4) is 0 Å². The Morgan fingerprint density at radius 2 is 1.73 bits per heavy atom. The van der Waals surface area contributed by atoms with E-state index < -0.39 is 18.3 Å². The molecule has 0 spiro atoms. The maximum atomic E-state index is 13.8. The van der Waals surface area contributed by atoms with Gasteiger partial charge < -0.3 is 25.6 Å². The van der Waals surface area contributed by atoms with Gasteiger partial charge in [0.1, 0.15) is 6.04 Å².